The summed E-state index contributed by atoms with van der Waals surface area (Å²) < 4.78 is 19.3. The molecular formula is C28H47NO4. The third kappa shape index (κ3) is 4.03. The second kappa shape index (κ2) is 9.87. The molecule has 5 fully saturated rings. The van der Waals surface area contributed by atoms with E-state index in [1.165, 1.54) is 51.4 Å². The molecular weight excluding hydrogens is 414 g/mol. The van der Waals surface area contributed by atoms with E-state index in [1.807, 2.05) is 14.2 Å². The van der Waals surface area contributed by atoms with Crippen LogP contribution in [0.1, 0.15) is 89.9 Å². The van der Waals surface area contributed by atoms with Gasteiger partial charge in [-0.15, -0.1) is 0 Å². The Bertz CT molecular complexity index is 693. The van der Waals surface area contributed by atoms with E-state index in [2.05, 4.69) is 11.9 Å². The standard InChI is InChI=1S/C28H47NO4/c1-29-16-15-27-19-22(30)13-14-28(27,33-17-7-10-20-8-5-4-6-9-20)24(29)18-21-11-12-23(31-2)26(32-3)25(21)27/h20-21,23-26H,4-19H2,1-3H3/t21?,23?,24?,25?,26?,27-,28-/m1/s1. The van der Waals surface area contributed by atoms with Crippen molar-refractivity contribution in [2.24, 2.45) is 23.2 Å². The van der Waals surface area contributed by atoms with Gasteiger partial charge in [-0.3, -0.25) is 4.79 Å². The smallest absolute Gasteiger partial charge is 0.133 e. The molecule has 5 rings (SSSR count). The van der Waals surface area contributed by atoms with Crippen LogP contribution in [0.5, 0.6) is 0 Å². The predicted molar refractivity (Wildman–Crippen MR) is 129 cm³/mol. The summed E-state index contributed by atoms with van der Waals surface area (Å²) in [5.41, 5.74) is -0.320. The van der Waals surface area contributed by atoms with E-state index in [4.69, 9.17) is 14.2 Å². The van der Waals surface area contributed by atoms with E-state index in [9.17, 15) is 4.79 Å². The molecule has 188 valence electrons. The van der Waals surface area contributed by atoms with E-state index in [0.29, 0.717) is 36.5 Å². The first-order chi connectivity index (χ1) is 16.0. The number of likely N-dealkylation sites (tertiary alicyclic amines) is 1. The fourth-order valence-electron chi connectivity index (χ4n) is 9.29. The van der Waals surface area contributed by atoms with Crippen molar-refractivity contribution in [1.82, 2.24) is 4.90 Å². The lowest BCUT2D eigenvalue weighted by molar-refractivity contribution is -0.294. The van der Waals surface area contributed by atoms with Gasteiger partial charge in [-0.2, -0.15) is 0 Å². The number of hydrogen-bond acceptors (Lipinski definition) is 5. The Morgan fingerprint density at radius 1 is 1.03 bits per heavy atom. The van der Waals surface area contributed by atoms with Gasteiger partial charge in [-0.25, -0.2) is 0 Å². The van der Waals surface area contributed by atoms with Crippen LogP contribution in [0, 0.1) is 23.2 Å². The Balaban J connectivity index is 1.43. The highest BCUT2D eigenvalue weighted by Gasteiger charge is 2.71. The van der Waals surface area contributed by atoms with Crippen molar-refractivity contribution >= 4 is 5.78 Å². The molecule has 0 aromatic rings. The van der Waals surface area contributed by atoms with Crippen molar-refractivity contribution in [3.63, 3.8) is 0 Å². The Morgan fingerprint density at radius 3 is 2.61 bits per heavy atom. The number of hydrogen-bond donors (Lipinski definition) is 0. The minimum absolute atomic E-state index is 0.0641. The van der Waals surface area contributed by atoms with Crippen LogP contribution >= 0.6 is 0 Å². The molecule has 1 aliphatic heterocycles. The number of likely N-dealkylation sites (N-methyl/N-ethyl adjacent to an activating group) is 1. The average Bonchev–Trinajstić information content (AvgIpc) is 2.84. The molecule has 5 aliphatic rings. The molecule has 1 saturated heterocycles. The molecule has 5 heteroatoms. The monoisotopic (exact) mass is 461 g/mol. The highest BCUT2D eigenvalue weighted by atomic mass is 16.5. The first-order valence-corrected chi connectivity index (χ1v) is 14.0. The molecule has 2 bridgehead atoms. The second-order valence-corrected chi connectivity index (χ2v) is 12.1. The van der Waals surface area contributed by atoms with Crippen LogP contribution in [0.4, 0.5) is 0 Å². The van der Waals surface area contributed by atoms with Crippen LogP contribution in [0.25, 0.3) is 0 Å². The number of fused-ring (bicyclic) bond motifs is 1. The van der Waals surface area contributed by atoms with Crippen LogP contribution in [0.2, 0.25) is 0 Å². The van der Waals surface area contributed by atoms with Crippen LogP contribution in [0.15, 0.2) is 0 Å². The fraction of sp³-hybridized carbons (Fsp3) is 0.964. The highest BCUT2D eigenvalue weighted by molar-refractivity contribution is 5.81. The summed E-state index contributed by atoms with van der Waals surface area (Å²) in [5.74, 6) is 2.29. The Hall–Kier alpha value is -0.490. The van der Waals surface area contributed by atoms with Gasteiger partial charge < -0.3 is 19.1 Å². The summed E-state index contributed by atoms with van der Waals surface area (Å²) in [5, 5.41) is 0. The van der Waals surface area contributed by atoms with Crippen molar-refractivity contribution in [3.05, 3.63) is 0 Å². The van der Waals surface area contributed by atoms with Gasteiger partial charge in [0.05, 0.1) is 17.8 Å². The molecule has 4 aliphatic carbocycles. The normalized spacial score (nSPS) is 44.3. The first kappa shape index (κ1) is 24.2. The van der Waals surface area contributed by atoms with Gasteiger partial charge >= 0.3 is 0 Å². The molecule has 1 heterocycles. The molecule has 0 aromatic carbocycles. The van der Waals surface area contributed by atoms with E-state index in [1.54, 1.807) is 0 Å². The summed E-state index contributed by atoms with van der Waals surface area (Å²) in [6.07, 6.45) is 16.4. The summed E-state index contributed by atoms with van der Waals surface area (Å²) in [6.45, 7) is 1.90. The number of nitrogens with zero attached hydrogens (tertiary/aromatic N) is 1. The maximum atomic E-state index is 13.1. The zero-order valence-corrected chi connectivity index (χ0v) is 21.4. The lowest BCUT2D eigenvalue weighted by Gasteiger charge is -2.70. The molecule has 0 aromatic heterocycles. The third-order valence-electron chi connectivity index (χ3n) is 10.7. The van der Waals surface area contributed by atoms with Crippen LogP contribution in [0.3, 0.4) is 0 Å². The van der Waals surface area contributed by atoms with Crippen LogP contribution in [-0.2, 0) is 19.0 Å². The van der Waals surface area contributed by atoms with E-state index >= 15 is 0 Å². The maximum absolute atomic E-state index is 13.1. The van der Waals surface area contributed by atoms with Crippen molar-refractivity contribution < 1.29 is 19.0 Å². The molecule has 5 nitrogen and oxygen atoms in total. The van der Waals surface area contributed by atoms with E-state index in [-0.39, 0.29) is 23.2 Å². The van der Waals surface area contributed by atoms with Crippen LogP contribution in [-0.4, -0.2) is 69.0 Å². The van der Waals surface area contributed by atoms with Crippen molar-refractivity contribution in [2.75, 3.05) is 34.4 Å². The highest BCUT2D eigenvalue weighted by Crippen LogP contribution is 2.66. The van der Waals surface area contributed by atoms with Gasteiger partial charge in [-0.1, -0.05) is 32.1 Å². The molecule has 5 unspecified atom stereocenters. The van der Waals surface area contributed by atoms with E-state index in [0.717, 1.165) is 44.8 Å². The minimum atomic E-state index is -0.214. The molecule has 0 N–H and O–H groups in total. The lowest BCUT2D eigenvalue weighted by atomic mass is 9.42. The van der Waals surface area contributed by atoms with Crippen molar-refractivity contribution in [3.8, 4) is 0 Å². The Labute approximate surface area is 201 Å². The molecule has 0 amide bonds. The van der Waals surface area contributed by atoms with Gasteiger partial charge in [0.15, 0.2) is 0 Å². The van der Waals surface area contributed by atoms with Crippen molar-refractivity contribution in [1.29, 1.82) is 0 Å². The number of ketones is 1. The van der Waals surface area contributed by atoms with Crippen molar-refractivity contribution in [2.45, 2.75) is 114 Å². The largest absolute Gasteiger partial charge is 0.379 e. The molecule has 0 spiro atoms. The SMILES string of the molecule is COC1CCC2CC3N(C)CC[C@@]4(CC(=O)CC[C@@]34OCCCC3CCCCC3)C2C1OC. The molecule has 33 heavy (non-hydrogen) atoms. The quantitative estimate of drug-likeness (QED) is 0.499. The van der Waals surface area contributed by atoms with Gasteiger partial charge in [0.2, 0.25) is 0 Å². The summed E-state index contributed by atoms with van der Waals surface area (Å²) in [6, 6.07) is 0.423. The van der Waals surface area contributed by atoms with E-state index < -0.39 is 0 Å². The van der Waals surface area contributed by atoms with Gasteiger partial charge in [0.1, 0.15) is 5.78 Å². The zero-order chi connectivity index (χ0) is 23.1. The Morgan fingerprint density at radius 2 is 1.85 bits per heavy atom. The summed E-state index contributed by atoms with van der Waals surface area (Å²) in [4.78, 5) is 15.6. The van der Waals surface area contributed by atoms with Gasteiger partial charge in [0.25, 0.3) is 0 Å². The molecule has 4 saturated carbocycles. The fourth-order valence-corrected chi connectivity index (χ4v) is 9.29. The van der Waals surface area contributed by atoms with Crippen LogP contribution < -0.4 is 0 Å². The number of Topliss-reactive ketones (excluding diaryl/α,β-unsaturated/α-hetero) is 1. The van der Waals surface area contributed by atoms with Gasteiger partial charge in [-0.05, 0) is 76.3 Å². The Kier molecular flexibility index (Phi) is 7.24. The number of rotatable bonds is 7. The molecule has 7 atom stereocenters. The average molecular weight is 462 g/mol. The first-order valence-electron chi connectivity index (χ1n) is 14.0. The van der Waals surface area contributed by atoms with Gasteiger partial charge in [0, 0.05) is 45.1 Å². The third-order valence-corrected chi connectivity index (χ3v) is 10.7. The topological polar surface area (TPSA) is 48.0 Å². The number of carbonyl (C=O) groups excluding carboxylic acids is 1. The number of ether oxygens (including phenoxy) is 3. The molecule has 0 radical (unpaired) electrons. The zero-order valence-electron chi connectivity index (χ0n) is 21.4. The summed E-state index contributed by atoms with van der Waals surface area (Å²) in [7, 11) is 5.98. The number of methoxy groups -OCH3 is 2. The number of carbonyl (C=O) groups is 1. The lowest BCUT2D eigenvalue weighted by Crippen LogP contribution is -2.77. The number of piperidine rings is 1. The summed E-state index contributed by atoms with van der Waals surface area (Å²) >= 11 is 0. The maximum Gasteiger partial charge on any atom is 0.133 e. The predicted octanol–water partition coefficient (Wildman–Crippen LogP) is 5.01. The minimum Gasteiger partial charge on any atom is -0.379 e. The second-order valence-electron chi connectivity index (χ2n) is 12.1.